The van der Waals surface area contributed by atoms with Crippen molar-refractivity contribution in [3.05, 3.63) is 29.8 Å². The lowest BCUT2D eigenvalue weighted by atomic mass is 9.87. The van der Waals surface area contributed by atoms with Crippen molar-refractivity contribution < 1.29 is 0 Å². The van der Waals surface area contributed by atoms with Gasteiger partial charge in [-0.1, -0.05) is 19.1 Å². The second kappa shape index (κ2) is 6.46. The molecule has 0 radical (unpaired) electrons. The highest BCUT2D eigenvalue weighted by atomic mass is 32.2. The fourth-order valence-corrected chi connectivity index (χ4v) is 2.88. The van der Waals surface area contributed by atoms with Gasteiger partial charge in [-0.3, -0.25) is 0 Å². The Morgan fingerprint density at radius 1 is 1.12 bits per heavy atom. The third-order valence-electron chi connectivity index (χ3n) is 3.77. The maximum atomic E-state index is 3.69. The van der Waals surface area contributed by atoms with Crippen molar-refractivity contribution >= 4 is 11.8 Å². The molecule has 1 N–H and O–H groups in total. The highest BCUT2D eigenvalue weighted by Gasteiger charge is 2.17. The summed E-state index contributed by atoms with van der Waals surface area (Å²) >= 11 is 1.80. The minimum absolute atomic E-state index is 0.742. The number of hydrogen-bond acceptors (Lipinski definition) is 2. The fraction of sp³-hybridized carbons (Fsp3) is 0.600. The molecule has 1 fully saturated rings. The lowest BCUT2D eigenvalue weighted by Crippen LogP contribution is -2.32. The van der Waals surface area contributed by atoms with Crippen LogP contribution >= 0.6 is 11.8 Å². The molecular weight excluding hydrogens is 226 g/mol. The van der Waals surface area contributed by atoms with Crippen LogP contribution in [0.2, 0.25) is 0 Å². The largest absolute Gasteiger partial charge is 0.310 e. The smallest absolute Gasteiger partial charge is 0.0208 e. The Bertz CT molecular complexity index is 325. The van der Waals surface area contributed by atoms with Crippen molar-refractivity contribution in [2.24, 2.45) is 5.92 Å². The predicted molar refractivity (Wildman–Crippen MR) is 76.5 cm³/mol. The van der Waals surface area contributed by atoms with Crippen LogP contribution in [0.15, 0.2) is 29.2 Å². The molecule has 0 aromatic heterocycles. The summed E-state index contributed by atoms with van der Waals surface area (Å²) in [7, 11) is 0. The first-order valence-corrected chi connectivity index (χ1v) is 7.86. The van der Waals surface area contributed by atoms with Crippen molar-refractivity contribution in [2.75, 3.05) is 6.26 Å². The molecule has 0 saturated heterocycles. The van der Waals surface area contributed by atoms with E-state index in [0.29, 0.717) is 0 Å². The summed E-state index contributed by atoms with van der Waals surface area (Å²) in [5.41, 5.74) is 1.40. The normalized spacial score (nSPS) is 24.8. The van der Waals surface area contributed by atoms with Gasteiger partial charge < -0.3 is 5.32 Å². The summed E-state index contributed by atoms with van der Waals surface area (Å²) in [6.07, 6.45) is 7.61. The quantitative estimate of drug-likeness (QED) is 0.807. The van der Waals surface area contributed by atoms with Crippen LogP contribution in [0.5, 0.6) is 0 Å². The van der Waals surface area contributed by atoms with Gasteiger partial charge in [0.05, 0.1) is 0 Å². The Balaban J connectivity index is 1.77. The fourth-order valence-electron chi connectivity index (χ4n) is 2.47. The molecule has 1 saturated carbocycles. The van der Waals surface area contributed by atoms with Crippen LogP contribution < -0.4 is 5.32 Å². The SMILES string of the molecule is CSc1ccc(CNC2CCC(C)CC2)cc1. The first-order valence-electron chi connectivity index (χ1n) is 6.64. The van der Waals surface area contributed by atoms with Gasteiger partial charge in [-0.15, -0.1) is 11.8 Å². The number of benzene rings is 1. The highest BCUT2D eigenvalue weighted by molar-refractivity contribution is 7.98. The first-order chi connectivity index (χ1) is 8.28. The molecule has 1 aliphatic carbocycles. The van der Waals surface area contributed by atoms with E-state index in [-0.39, 0.29) is 0 Å². The van der Waals surface area contributed by atoms with Gasteiger partial charge in [0, 0.05) is 17.5 Å². The van der Waals surface area contributed by atoms with E-state index in [0.717, 1.165) is 18.5 Å². The zero-order valence-electron chi connectivity index (χ0n) is 10.9. The Hall–Kier alpha value is -0.470. The summed E-state index contributed by atoms with van der Waals surface area (Å²) < 4.78 is 0. The van der Waals surface area contributed by atoms with Crippen molar-refractivity contribution in [3.8, 4) is 0 Å². The van der Waals surface area contributed by atoms with E-state index in [1.54, 1.807) is 11.8 Å². The molecule has 0 amide bonds. The molecule has 0 spiro atoms. The summed E-state index contributed by atoms with van der Waals surface area (Å²) in [4.78, 5) is 1.35. The van der Waals surface area contributed by atoms with Crippen LogP contribution in [0.3, 0.4) is 0 Å². The molecule has 2 rings (SSSR count). The maximum absolute atomic E-state index is 3.69. The standard InChI is InChI=1S/C15H23NS/c1-12-3-7-14(8-4-12)16-11-13-5-9-15(17-2)10-6-13/h5-6,9-10,12,14,16H,3-4,7-8,11H2,1-2H3. The molecule has 1 aromatic carbocycles. The van der Waals surface area contributed by atoms with Gasteiger partial charge in [0.1, 0.15) is 0 Å². The maximum Gasteiger partial charge on any atom is 0.0208 e. The van der Waals surface area contributed by atoms with E-state index >= 15 is 0 Å². The Labute approximate surface area is 109 Å². The monoisotopic (exact) mass is 249 g/mol. The molecule has 0 bridgehead atoms. The minimum Gasteiger partial charge on any atom is -0.310 e. The molecule has 1 aromatic rings. The van der Waals surface area contributed by atoms with Gasteiger partial charge in [-0.2, -0.15) is 0 Å². The van der Waals surface area contributed by atoms with Gasteiger partial charge in [-0.05, 0) is 55.6 Å². The zero-order valence-corrected chi connectivity index (χ0v) is 11.7. The van der Waals surface area contributed by atoms with Gasteiger partial charge >= 0.3 is 0 Å². The van der Waals surface area contributed by atoms with Gasteiger partial charge in [0.25, 0.3) is 0 Å². The van der Waals surface area contributed by atoms with E-state index < -0.39 is 0 Å². The van der Waals surface area contributed by atoms with Crippen LogP contribution in [-0.4, -0.2) is 12.3 Å². The van der Waals surface area contributed by atoms with Gasteiger partial charge in [-0.25, -0.2) is 0 Å². The molecule has 17 heavy (non-hydrogen) atoms. The summed E-state index contributed by atoms with van der Waals surface area (Å²) in [5, 5.41) is 3.69. The Kier molecular flexibility index (Phi) is 4.93. The van der Waals surface area contributed by atoms with Crippen molar-refractivity contribution in [1.82, 2.24) is 5.32 Å². The lowest BCUT2D eigenvalue weighted by molar-refractivity contribution is 0.306. The van der Waals surface area contributed by atoms with Crippen molar-refractivity contribution in [1.29, 1.82) is 0 Å². The average Bonchev–Trinajstić information content (AvgIpc) is 2.39. The minimum atomic E-state index is 0.742. The van der Waals surface area contributed by atoms with E-state index in [9.17, 15) is 0 Å². The van der Waals surface area contributed by atoms with Crippen LogP contribution in [0, 0.1) is 5.92 Å². The topological polar surface area (TPSA) is 12.0 Å². The average molecular weight is 249 g/mol. The molecule has 0 aliphatic heterocycles. The molecule has 0 heterocycles. The molecule has 0 atom stereocenters. The highest BCUT2D eigenvalue weighted by Crippen LogP contribution is 2.23. The summed E-state index contributed by atoms with van der Waals surface area (Å²) in [6, 6.07) is 9.65. The van der Waals surface area contributed by atoms with Crippen LogP contribution in [-0.2, 0) is 6.54 Å². The molecular formula is C15H23NS. The van der Waals surface area contributed by atoms with Gasteiger partial charge in [0.15, 0.2) is 0 Å². The third-order valence-corrected chi connectivity index (χ3v) is 4.51. The summed E-state index contributed by atoms with van der Waals surface area (Å²) in [6.45, 7) is 3.39. The third kappa shape index (κ3) is 4.04. The second-order valence-electron chi connectivity index (χ2n) is 5.19. The molecule has 1 aliphatic rings. The Morgan fingerprint density at radius 2 is 1.76 bits per heavy atom. The number of thioether (sulfide) groups is 1. The van der Waals surface area contributed by atoms with E-state index in [1.807, 2.05) is 0 Å². The van der Waals surface area contributed by atoms with Crippen molar-refractivity contribution in [2.45, 2.75) is 50.1 Å². The zero-order chi connectivity index (χ0) is 12.1. The van der Waals surface area contributed by atoms with E-state index in [1.165, 1.54) is 36.1 Å². The molecule has 2 heteroatoms. The lowest BCUT2D eigenvalue weighted by Gasteiger charge is -2.27. The van der Waals surface area contributed by atoms with Crippen LogP contribution in [0.4, 0.5) is 0 Å². The summed E-state index contributed by atoms with van der Waals surface area (Å²) in [5.74, 6) is 0.939. The van der Waals surface area contributed by atoms with Crippen LogP contribution in [0.25, 0.3) is 0 Å². The first kappa shape index (κ1) is 13.0. The van der Waals surface area contributed by atoms with Gasteiger partial charge in [0.2, 0.25) is 0 Å². The number of hydrogen-bond donors (Lipinski definition) is 1. The Morgan fingerprint density at radius 3 is 2.35 bits per heavy atom. The van der Waals surface area contributed by atoms with E-state index in [2.05, 4.69) is 42.8 Å². The molecule has 1 nitrogen and oxygen atoms in total. The number of nitrogens with one attached hydrogen (secondary N) is 1. The van der Waals surface area contributed by atoms with Crippen LogP contribution in [0.1, 0.15) is 38.2 Å². The molecule has 0 unspecified atom stereocenters. The van der Waals surface area contributed by atoms with E-state index in [4.69, 9.17) is 0 Å². The molecule has 94 valence electrons. The predicted octanol–water partition coefficient (Wildman–Crippen LogP) is 4.08. The number of rotatable bonds is 4. The van der Waals surface area contributed by atoms with Crippen molar-refractivity contribution in [3.63, 3.8) is 0 Å². The second-order valence-corrected chi connectivity index (χ2v) is 6.07.